The van der Waals surface area contributed by atoms with Crippen LogP contribution in [0, 0.1) is 0 Å². The van der Waals surface area contributed by atoms with Crippen LogP contribution in [0.4, 0.5) is 5.69 Å². The number of hydrogen-bond acceptors (Lipinski definition) is 6. The summed E-state index contributed by atoms with van der Waals surface area (Å²) in [5, 5.41) is -0.483. The van der Waals surface area contributed by atoms with E-state index in [2.05, 4.69) is 4.98 Å². The van der Waals surface area contributed by atoms with Gasteiger partial charge in [-0.25, -0.2) is 14.6 Å². The maximum absolute atomic E-state index is 12.3. The molecule has 0 unspecified atom stereocenters. The quantitative estimate of drug-likeness (QED) is 0.633. The van der Waals surface area contributed by atoms with Crippen molar-refractivity contribution in [2.24, 2.45) is 0 Å². The van der Waals surface area contributed by atoms with E-state index in [0.717, 1.165) is 0 Å². The van der Waals surface area contributed by atoms with Gasteiger partial charge in [0, 0.05) is 0 Å². The number of nitrogens with two attached hydrogens (primary N) is 1. The van der Waals surface area contributed by atoms with Gasteiger partial charge in [-0.1, -0.05) is 23.2 Å². The van der Waals surface area contributed by atoms with Gasteiger partial charge in [-0.3, -0.25) is 0 Å². The number of hydrogen-bond donors (Lipinski definition) is 1. The van der Waals surface area contributed by atoms with Gasteiger partial charge in [0.15, 0.2) is 0 Å². The van der Waals surface area contributed by atoms with Crippen LogP contribution in [0.25, 0.3) is 0 Å². The first-order chi connectivity index (χ1) is 10.2. The molecule has 2 N–H and O–H groups in total. The number of carbonyl (C=O) groups is 2. The highest BCUT2D eigenvalue weighted by Crippen LogP contribution is 2.32. The number of pyridine rings is 1. The summed E-state index contributed by atoms with van der Waals surface area (Å²) < 4.78 is 10.4. The summed E-state index contributed by atoms with van der Waals surface area (Å²) in [7, 11) is 0. The molecule has 1 heterocycles. The van der Waals surface area contributed by atoms with Gasteiger partial charge in [-0.2, -0.15) is 0 Å². The van der Waals surface area contributed by atoms with Gasteiger partial charge in [-0.05, 0) is 41.5 Å². The van der Waals surface area contributed by atoms with E-state index in [-0.39, 0.29) is 27.1 Å². The molecule has 6 nitrogen and oxygen atoms in total. The highest BCUT2D eigenvalue weighted by molar-refractivity contribution is 6.37. The van der Waals surface area contributed by atoms with Gasteiger partial charge in [0.25, 0.3) is 0 Å². The average molecular weight is 363 g/mol. The normalized spacial score (nSPS) is 12.0. The second-order valence-electron chi connectivity index (χ2n) is 6.86. The Hall–Kier alpha value is -1.53. The first-order valence-electron chi connectivity index (χ1n) is 6.84. The molecule has 0 radical (unpaired) electrons. The molecule has 0 spiro atoms. The number of esters is 2. The molecule has 0 bridgehead atoms. The van der Waals surface area contributed by atoms with E-state index in [1.165, 1.54) is 0 Å². The third-order valence-corrected chi connectivity index (χ3v) is 2.90. The molecule has 1 aromatic heterocycles. The summed E-state index contributed by atoms with van der Waals surface area (Å²) in [4.78, 5) is 28.3. The van der Waals surface area contributed by atoms with Crippen molar-refractivity contribution in [2.45, 2.75) is 52.7 Å². The van der Waals surface area contributed by atoms with Crippen LogP contribution in [0.1, 0.15) is 62.3 Å². The van der Waals surface area contributed by atoms with Crippen molar-refractivity contribution < 1.29 is 19.1 Å². The lowest BCUT2D eigenvalue weighted by molar-refractivity contribution is 0.00677. The van der Waals surface area contributed by atoms with Gasteiger partial charge in [-0.15, -0.1) is 0 Å². The molecule has 0 atom stereocenters. The zero-order chi connectivity index (χ0) is 18.2. The molecule has 8 heteroatoms. The number of carbonyl (C=O) groups excluding carboxylic acids is 2. The lowest BCUT2D eigenvalue weighted by atomic mass is 10.1. The van der Waals surface area contributed by atoms with Crippen molar-refractivity contribution in [3.05, 3.63) is 21.4 Å². The van der Waals surface area contributed by atoms with Crippen LogP contribution in [0.15, 0.2) is 0 Å². The number of nitrogens with zero attached hydrogens (tertiary/aromatic N) is 1. The molecule has 0 fully saturated rings. The molecule has 1 aromatic rings. The second kappa shape index (κ2) is 6.53. The fraction of sp³-hybridized carbons (Fsp3) is 0.533. The topological polar surface area (TPSA) is 91.5 Å². The van der Waals surface area contributed by atoms with Crippen molar-refractivity contribution in [1.82, 2.24) is 4.98 Å². The Balaban J connectivity index is 3.38. The molecule has 0 saturated carbocycles. The van der Waals surface area contributed by atoms with Crippen LogP contribution in [-0.4, -0.2) is 28.1 Å². The maximum Gasteiger partial charge on any atom is 0.343 e. The summed E-state index contributed by atoms with van der Waals surface area (Å²) in [5.41, 5.74) is 3.73. The standard InChI is InChI=1S/C15H20Cl2N2O4/c1-14(2,3)22-12(20)7-9(18)8(11(17)19-10(7)16)13(21)23-15(4,5)6/h1-6H3,(H2,18,19). The predicted molar refractivity (Wildman–Crippen MR) is 89.0 cm³/mol. The van der Waals surface area contributed by atoms with E-state index in [0.29, 0.717) is 0 Å². The lowest BCUT2D eigenvalue weighted by Gasteiger charge is -2.22. The van der Waals surface area contributed by atoms with E-state index in [9.17, 15) is 9.59 Å². The summed E-state index contributed by atoms with van der Waals surface area (Å²) in [6.45, 7) is 10.1. The fourth-order valence-corrected chi connectivity index (χ4v) is 2.16. The Kier molecular flexibility index (Phi) is 5.54. The van der Waals surface area contributed by atoms with Gasteiger partial charge < -0.3 is 15.2 Å². The van der Waals surface area contributed by atoms with Crippen LogP contribution in [0.5, 0.6) is 0 Å². The van der Waals surface area contributed by atoms with E-state index < -0.39 is 23.1 Å². The third kappa shape index (κ3) is 5.25. The van der Waals surface area contributed by atoms with Crippen molar-refractivity contribution in [1.29, 1.82) is 0 Å². The number of halogens is 2. The Morgan fingerprint density at radius 2 is 1.17 bits per heavy atom. The number of nitrogen functional groups attached to an aromatic ring is 1. The van der Waals surface area contributed by atoms with Crippen LogP contribution >= 0.6 is 23.2 Å². The Labute approximate surface area is 145 Å². The van der Waals surface area contributed by atoms with Crippen molar-refractivity contribution in [3.8, 4) is 0 Å². The molecule has 128 valence electrons. The van der Waals surface area contributed by atoms with Gasteiger partial charge in [0.05, 0.1) is 5.69 Å². The van der Waals surface area contributed by atoms with Crippen LogP contribution < -0.4 is 5.73 Å². The number of aromatic nitrogens is 1. The number of rotatable bonds is 2. The van der Waals surface area contributed by atoms with E-state index in [1.54, 1.807) is 41.5 Å². The molecular formula is C15H20Cl2N2O4. The molecule has 0 aliphatic carbocycles. The van der Waals surface area contributed by atoms with Gasteiger partial charge >= 0.3 is 11.9 Å². The first kappa shape index (κ1) is 19.5. The second-order valence-corrected chi connectivity index (χ2v) is 7.58. The van der Waals surface area contributed by atoms with Gasteiger partial charge in [0.2, 0.25) is 0 Å². The minimum absolute atomic E-state index is 0.216. The van der Waals surface area contributed by atoms with Crippen molar-refractivity contribution >= 4 is 40.8 Å². The monoisotopic (exact) mass is 362 g/mol. The van der Waals surface area contributed by atoms with Crippen molar-refractivity contribution in [2.75, 3.05) is 5.73 Å². The van der Waals surface area contributed by atoms with Crippen LogP contribution in [0.2, 0.25) is 10.3 Å². The van der Waals surface area contributed by atoms with Crippen LogP contribution in [-0.2, 0) is 9.47 Å². The smallest absolute Gasteiger partial charge is 0.343 e. The summed E-state index contributed by atoms with van der Waals surface area (Å²) in [6.07, 6.45) is 0. The average Bonchev–Trinajstić information content (AvgIpc) is 2.21. The van der Waals surface area contributed by atoms with E-state index in [4.69, 9.17) is 38.4 Å². The summed E-state index contributed by atoms with van der Waals surface area (Å²) >= 11 is 11.9. The van der Waals surface area contributed by atoms with Gasteiger partial charge in [0.1, 0.15) is 32.6 Å². The van der Waals surface area contributed by atoms with Crippen molar-refractivity contribution in [3.63, 3.8) is 0 Å². The number of ether oxygens (including phenoxy) is 2. The van der Waals surface area contributed by atoms with Crippen LogP contribution in [0.3, 0.4) is 0 Å². The molecular weight excluding hydrogens is 343 g/mol. The summed E-state index contributed by atoms with van der Waals surface area (Å²) in [6, 6.07) is 0. The Morgan fingerprint density at radius 1 is 0.870 bits per heavy atom. The first-order valence-corrected chi connectivity index (χ1v) is 7.59. The zero-order valence-electron chi connectivity index (χ0n) is 13.9. The molecule has 0 aromatic carbocycles. The minimum atomic E-state index is -0.797. The molecule has 0 saturated heterocycles. The molecule has 1 rings (SSSR count). The summed E-state index contributed by atoms with van der Waals surface area (Å²) in [5.74, 6) is -1.59. The SMILES string of the molecule is CC(C)(C)OC(=O)c1c(Cl)nc(Cl)c(C(=O)OC(C)(C)C)c1N. The Bertz CT molecular complexity index is 594. The van der Waals surface area contributed by atoms with E-state index >= 15 is 0 Å². The molecule has 23 heavy (non-hydrogen) atoms. The molecule has 0 aliphatic rings. The fourth-order valence-electron chi connectivity index (χ4n) is 1.59. The highest BCUT2D eigenvalue weighted by atomic mass is 35.5. The lowest BCUT2D eigenvalue weighted by Crippen LogP contribution is -2.27. The third-order valence-electron chi connectivity index (χ3n) is 2.35. The number of anilines is 1. The molecule has 0 aliphatic heterocycles. The minimum Gasteiger partial charge on any atom is -0.456 e. The van der Waals surface area contributed by atoms with E-state index in [1.807, 2.05) is 0 Å². The molecule has 0 amide bonds. The maximum atomic E-state index is 12.3. The largest absolute Gasteiger partial charge is 0.456 e. The zero-order valence-corrected chi connectivity index (χ0v) is 15.4. The highest BCUT2D eigenvalue weighted by Gasteiger charge is 2.30. The predicted octanol–water partition coefficient (Wildman–Crippen LogP) is 3.88. The Morgan fingerprint density at radius 3 is 1.43 bits per heavy atom.